The van der Waals surface area contributed by atoms with Crippen LogP contribution in [0.3, 0.4) is 0 Å². The molecule has 0 unspecified atom stereocenters. The summed E-state index contributed by atoms with van der Waals surface area (Å²) in [4.78, 5) is 37.2. The summed E-state index contributed by atoms with van der Waals surface area (Å²) in [5.41, 5.74) is 4.87. The van der Waals surface area contributed by atoms with Crippen molar-refractivity contribution >= 4 is 51.8 Å². The van der Waals surface area contributed by atoms with Gasteiger partial charge in [0.1, 0.15) is 12.1 Å². The molecule has 43 heavy (non-hydrogen) atoms. The predicted molar refractivity (Wildman–Crippen MR) is 167 cm³/mol. The maximum atomic E-state index is 13.5. The minimum Gasteiger partial charge on any atom is -0.481 e. The van der Waals surface area contributed by atoms with Crippen LogP contribution in [0.25, 0.3) is 0 Å². The van der Waals surface area contributed by atoms with Crippen LogP contribution < -0.4 is 30.9 Å². The van der Waals surface area contributed by atoms with Gasteiger partial charge in [0.2, 0.25) is 11.8 Å². The van der Waals surface area contributed by atoms with E-state index in [9.17, 15) is 9.59 Å². The number of methoxy groups -OCH3 is 1. The standard InChI is InChI=1S/C32H33N7O4/c1-32(2,31(41)36-21-5-8-23(9-6-21)39-12-14-43-15-13-39)20-4-11-25-27(16-20)38-30(40)24-10-7-22(17-26(24)37-25)35-28-18-29(42-3)34-19-33-28/h4-11,16-19,37H,12-15H2,1-3H3,(H,36,41)(H,38,40)(H,33,34,35). The van der Waals surface area contributed by atoms with Gasteiger partial charge in [0.25, 0.3) is 5.91 Å². The highest BCUT2D eigenvalue weighted by Crippen LogP contribution is 2.37. The van der Waals surface area contributed by atoms with Crippen LogP contribution in [0.15, 0.2) is 73.1 Å². The van der Waals surface area contributed by atoms with E-state index in [2.05, 4.69) is 36.1 Å². The number of nitrogens with one attached hydrogen (secondary N) is 4. The van der Waals surface area contributed by atoms with Crippen molar-refractivity contribution in [3.05, 3.63) is 84.2 Å². The molecular weight excluding hydrogens is 546 g/mol. The summed E-state index contributed by atoms with van der Waals surface area (Å²) in [6.07, 6.45) is 1.41. The average molecular weight is 580 g/mol. The molecule has 2 amide bonds. The van der Waals surface area contributed by atoms with E-state index < -0.39 is 5.41 Å². The van der Waals surface area contributed by atoms with Crippen LogP contribution in [0, 0.1) is 0 Å². The fourth-order valence-electron chi connectivity index (χ4n) is 5.07. The van der Waals surface area contributed by atoms with Crippen molar-refractivity contribution < 1.29 is 19.1 Å². The molecular formula is C32H33N7O4. The molecule has 0 atom stereocenters. The zero-order valence-electron chi connectivity index (χ0n) is 24.2. The number of carbonyl (C=O) groups excluding carboxylic acids is 2. The molecule has 0 bridgehead atoms. The fourth-order valence-corrected chi connectivity index (χ4v) is 5.07. The van der Waals surface area contributed by atoms with Crippen LogP contribution in [0.2, 0.25) is 0 Å². The zero-order valence-corrected chi connectivity index (χ0v) is 24.2. The molecule has 0 radical (unpaired) electrons. The van der Waals surface area contributed by atoms with Crippen molar-refractivity contribution in [3.63, 3.8) is 0 Å². The zero-order chi connectivity index (χ0) is 30.0. The molecule has 4 N–H and O–H groups in total. The molecule has 3 heterocycles. The van der Waals surface area contributed by atoms with E-state index in [0.717, 1.165) is 35.7 Å². The smallest absolute Gasteiger partial charge is 0.257 e. The van der Waals surface area contributed by atoms with Crippen LogP contribution in [0.5, 0.6) is 5.88 Å². The first-order valence-corrected chi connectivity index (χ1v) is 14.0. The van der Waals surface area contributed by atoms with E-state index in [4.69, 9.17) is 9.47 Å². The molecule has 3 aromatic carbocycles. The normalized spacial score (nSPS) is 14.4. The van der Waals surface area contributed by atoms with Crippen LogP contribution in [0.4, 0.5) is 39.9 Å². The van der Waals surface area contributed by atoms with Crippen molar-refractivity contribution in [1.82, 2.24) is 9.97 Å². The maximum absolute atomic E-state index is 13.5. The lowest BCUT2D eigenvalue weighted by Gasteiger charge is -2.29. The number of hydrogen-bond donors (Lipinski definition) is 4. The molecule has 0 spiro atoms. The Labute approximate surface area is 249 Å². The molecule has 0 aliphatic carbocycles. The summed E-state index contributed by atoms with van der Waals surface area (Å²) >= 11 is 0. The largest absolute Gasteiger partial charge is 0.481 e. The molecule has 2 aliphatic rings. The highest BCUT2D eigenvalue weighted by atomic mass is 16.5. The number of ether oxygens (including phenoxy) is 2. The highest BCUT2D eigenvalue weighted by molar-refractivity contribution is 6.12. The number of rotatable bonds is 7. The van der Waals surface area contributed by atoms with E-state index in [1.54, 1.807) is 25.3 Å². The van der Waals surface area contributed by atoms with Gasteiger partial charge in [0, 0.05) is 36.2 Å². The first-order valence-electron chi connectivity index (χ1n) is 14.0. The molecule has 2 aliphatic heterocycles. The Balaban J connectivity index is 1.18. The van der Waals surface area contributed by atoms with Crippen molar-refractivity contribution in [1.29, 1.82) is 0 Å². The number of carbonyl (C=O) groups is 2. The Morgan fingerprint density at radius 1 is 0.907 bits per heavy atom. The van der Waals surface area contributed by atoms with E-state index in [-0.39, 0.29) is 11.8 Å². The number of morpholine rings is 1. The van der Waals surface area contributed by atoms with Gasteiger partial charge in [-0.2, -0.15) is 0 Å². The lowest BCUT2D eigenvalue weighted by molar-refractivity contribution is -0.120. The summed E-state index contributed by atoms with van der Waals surface area (Å²) in [5.74, 6) is 0.590. The summed E-state index contributed by atoms with van der Waals surface area (Å²) < 4.78 is 10.6. The second kappa shape index (κ2) is 11.6. The first kappa shape index (κ1) is 28.0. The Hall–Kier alpha value is -5.16. The number of fused-ring (bicyclic) bond motifs is 2. The number of anilines is 7. The monoisotopic (exact) mass is 579 g/mol. The molecule has 1 saturated heterocycles. The number of amides is 2. The van der Waals surface area contributed by atoms with Crippen LogP contribution >= 0.6 is 0 Å². The molecule has 11 heteroatoms. The summed E-state index contributed by atoms with van der Waals surface area (Å²) in [5, 5.41) is 12.6. The van der Waals surface area contributed by atoms with Gasteiger partial charge in [-0.15, -0.1) is 0 Å². The summed E-state index contributed by atoms with van der Waals surface area (Å²) in [6.45, 7) is 6.87. The third-order valence-electron chi connectivity index (χ3n) is 7.72. The van der Waals surface area contributed by atoms with Crippen molar-refractivity contribution in [3.8, 4) is 5.88 Å². The molecule has 1 fully saturated rings. The quantitative estimate of drug-likeness (QED) is 0.231. The van der Waals surface area contributed by atoms with Crippen molar-refractivity contribution in [2.24, 2.45) is 0 Å². The van der Waals surface area contributed by atoms with E-state index in [1.807, 2.05) is 62.4 Å². The summed E-state index contributed by atoms with van der Waals surface area (Å²) in [6, 6.07) is 20.6. The van der Waals surface area contributed by atoms with Gasteiger partial charge < -0.3 is 35.6 Å². The fraction of sp³-hybridized carbons (Fsp3) is 0.250. The number of hydrogen-bond acceptors (Lipinski definition) is 9. The minimum atomic E-state index is -0.877. The molecule has 4 aromatic rings. The number of aromatic nitrogens is 2. The molecule has 6 rings (SSSR count). The molecule has 0 saturated carbocycles. The van der Waals surface area contributed by atoms with Crippen LogP contribution in [-0.4, -0.2) is 55.2 Å². The van der Waals surface area contributed by atoms with Gasteiger partial charge in [0.15, 0.2) is 0 Å². The number of nitrogens with zero attached hydrogens (tertiary/aromatic N) is 3. The average Bonchev–Trinajstić information content (AvgIpc) is 3.16. The predicted octanol–water partition coefficient (Wildman–Crippen LogP) is 5.29. The number of benzene rings is 3. The second-order valence-electron chi connectivity index (χ2n) is 10.9. The van der Waals surface area contributed by atoms with Crippen LogP contribution in [0.1, 0.15) is 29.8 Å². The minimum absolute atomic E-state index is 0.153. The Morgan fingerprint density at radius 2 is 1.67 bits per heavy atom. The third kappa shape index (κ3) is 5.93. The summed E-state index contributed by atoms with van der Waals surface area (Å²) in [7, 11) is 1.54. The highest BCUT2D eigenvalue weighted by Gasteiger charge is 2.31. The van der Waals surface area contributed by atoms with Gasteiger partial charge in [-0.1, -0.05) is 6.07 Å². The van der Waals surface area contributed by atoms with Gasteiger partial charge >= 0.3 is 0 Å². The molecule has 1 aromatic heterocycles. The van der Waals surface area contributed by atoms with E-state index >= 15 is 0 Å². The van der Waals surface area contributed by atoms with Gasteiger partial charge in [-0.25, -0.2) is 9.97 Å². The lowest BCUT2D eigenvalue weighted by atomic mass is 9.83. The van der Waals surface area contributed by atoms with Crippen molar-refractivity contribution in [2.45, 2.75) is 19.3 Å². The second-order valence-corrected chi connectivity index (χ2v) is 10.9. The van der Waals surface area contributed by atoms with Gasteiger partial charge in [-0.05, 0) is 74.0 Å². The lowest BCUT2D eigenvalue weighted by Crippen LogP contribution is -2.36. The molecule has 11 nitrogen and oxygen atoms in total. The van der Waals surface area contributed by atoms with Crippen molar-refractivity contribution in [2.75, 3.05) is 59.6 Å². The van der Waals surface area contributed by atoms with Gasteiger partial charge in [0.05, 0.1) is 48.4 Å². The first-order chi connectivity index (χ1) is 20.8. The Bertz CT molecular complexity index is 1670. The topological polar surface area (TPSA) is 130 Å². The SMILES string of the molecule is COc1cc(Nc2ccc3c(c2)Nc2ccc(C(C)(C)C(=O)Nc4ccc(N5CCOCC5)cc4)cc2NC3=O)ncn1. The Morgan fingerprint density at radius 3 is 2.44 bits per heavy atom. The van der Waals surface area contributed by atoms with Crippen LogP contribution in [-0.2, 0) is 14.9 Å². The van der Waals surface area contributed by atoms with Gasteiger partial charge in [-0.3, -0.25) is 9.59 Å². The Kier molecular flexibility index (Phi) is 7.56. The van der Waals surface area contributed by atoms with E-state index in [1.165, 1.54) is 6.33 Å². The maximum Gasteiger partial charge on any atom is 0.257 e. The van der Waals surface area contributed by atoms with E-state index in [0.29, 0.717) is 47.5 Å². The third-order valence-corrected chi connectivity index (χ3v) is 7.72. The molecule has 220 valence electrons.